The maximum atomic E-state index is 14.1. The van der Waals surface area contributed by atoms with Crippen LogP contribution in [0.1, 0.15) is 32.1 Å². The van der Waals surface area contributed by atoms with Gasteiger partial charge >= 0.3 is 0 Å². The monoisotopic (exact) mass is 586 g/mol. The Morgan fingerprint density at radius 2 is 1.76 bits per heavy atom. The van der Waals surface area contributed by atoms with Crippen molar-refractivity contribution in [2.45, 2.75) is 55.9 Å². The summed E-state index contributed by atoms with van der Waals surface area (Å²) in [6, 6.07) is 6.65. The molecule has 0 radical (unpaired) electrons. The molecule has 1 aliphatic carbocycles. The molecule has 4 aliphatic heterocycles. The van der Waals surface area contributed by atoms with E-state index in [1.165, 1.54) is 6.42 Å². The minimum Gasteiger partial charge on any atom is -0.379 e. The van der Waals surface area contributed by atoms with Crippen molar-refractivity contribution >= 4 is 39.3 Å². The number of ether oxygens (including phenoxy) is 2. The number of benzene rings is 1. The molecule has 3 amide bonds. The first-order valence-corrected chi connectivity index (χ1v) is 14.6. The van der Waals surface area contributed by atoms with Gasteiger partial charge in [0, 0.05) is 42.4 Å². The van der Waals surface area contributed by atoms with E-state index in [2.05, 4.69) is 31.5 Å². The molecule has 4 heterocycles. The summed E-state index contributed by atoms with van der Waals surface area (Å²) >= 11 is 3.41. The zero-order valence-corrected chi connectivity index (χ0v) is 23.0. The van der Waals surface area contributed by atoms with Gasteiger partial charge in [-0.1, -0.05) is 47.3 Å². The molecule has 10 heteroatoms. The lowest BCUT2D eigenvalue weighted by Gasteiger charge is -2.35. The van der Waals surface area contributed by atoms with E-state index >= 15 is 0 Å². The van der Waals surface area contributed by atoms with Crippen LogP contribution in [-0.2, 0) is 23.9 Å². The number of anilines is 1. The lowest BCUT2D eigenvalue weighted by atomic mass is 9.74. The van der Waals surface area contributed by atoms with Gasteiger partial charge in [-0.25, -0.2) is 0 Å². The number of nitrogens with one attached hydrogen (secondary N) is 2. The molecule has 2 N–H and O–H groups in total. The van der Waals surface area contributed by atoms with E-state index in [0.29, 0.717) is 32.0 Å². The van der Waals surface area contributed by atoms with Crippen LogP contribution in [0.5, 0.6) is 0 Å². The summed E-state index contributed by atoms with van der Waals surface area (Å²) in [5.41, 5.74) is -0.479. The Labute approximate surface area is 231 Å². The Kier molecular flexibility index (Phi) is 7.32. The minimum atomic E-state index is -1.13. The van der Waals surface area contributed by atoms with Crippen molar-refractivity contribution in [3.63, 3.8) is 0 Å². The average molecular weight is 588 g/mol. The number of hydrogen-bond donors (Lipinski definition) is 2. The first-order chi connectivity index (χ1) is 18.5. The number of morpholine rings is 1. The molecule has 1 aromatic carbocycles. The zero-order chi connectivity index (χ0) is 26.3. The van der Waals surface area contributed by atoms with E-state index in [9.17, 15) is 14.4 Å². The average Bonchev–Trinajstić information content (AvgIpc) is 3.57. The summed E-state index contributed by atoms with van der Waals surface area (Å²) in [5, 5.41) is 6.21. The maximum absolute atomic E-state index is 14.1. The molecular weight excluding hydrogens is 552 g/mol. The van der Waals surface area contributed by atoms with Gasteiger partial charge in [0.05, 0.1) is 31.2 Å². The summed E-state index contributed by atoms with van der Waals surface area (Å²) in [6.45, 7) is 3.98. The summed E-state index contributed by atoms with van der Waals surface area (Å²) in [7, 11) is 0. The third-order valence-corrected chi connectivity index (χ3v) is 9.28. The number of halogens is 1. The van der Waals surface area contributed by atoms with Crippen LogP contribution in [0.25, 0.3) is 0 Å². The van der Waals surface area contributed by atoms with Gasteiger partial charge in [-0.3, -0.25) is 19.3 Å². The fourth-order valence-electron chi connectivity index (χ4n) is 6.87. The van der Waals surface area contributed by atoms with Crippen LogP contribution in [0.3, 0.4) is 0 Å². The van der Waals surface area contributed by atoms with Crippen molar-refractivity contribution in [2.75, 3.05) is 44.7 Å². The number of nitrogens with zero attached hydrogens (tertiary/aromatic N) is 2. The minimum absolute atomic E-state index is 0.113. The SMILES string of the molecule is O=C(Nc1ccc(Br)cc1)C1[C@H]2C=CC3(O2)C(C(=O)NC2CCCCC2)N(CCN2CCOCC2)C(=O)[C@@H]13. The lowest BCUT2D eigenvalue weighted by molar-refractivity contribution is -0.141. The van der Waals surface area contributed by atoms with Crippen molar-refractivity contribution in [3.05, 3.63) is 40.9 Å². The highest BCUT2D eigenvalue weighted by atomic mass is 79.9. The van der Waals surface area contributed by atoms with Gasteiger partial charge < -0.3 is 25.0 Å². The van der Waals surface area contributed by atoms with Gasteiger partial charge in [0.1, 0.15) is 11.6 Å². The Morgan fingerprint density at radius 1 is 1.03 bits per heavy atom. The molecule has 6 rings (SSSR count). The van der Waals surface area contributed by atoms with Gasteiger partial charge in [0.25, 0.3) is 0 Å². The van der Waals surface area contributed by atoms with E-state index in [0.717, 1.165) is 43.2 Å². The Morgan fingerprint density at radius 3 is 2.50 bits per heavy atom. The summed E-state index contributed by atoms with van der Waals surface area (Å²) in [6.07, 6.45) is 8.49. The number of amides is 3. The highest BCUT2D eigenvalue weighted by Gasteiger charge is 2.72. The Hall–Kier alpha value is -2.27. The van der Waals surface area contributed by atoms with Gasteiger partial charge in [-0.15, -0.1) is 0 Å². The summed E-state index contributed by atoms with van der Waals surface area (Å²) in [4.78, 5) is 45.4. The quantitative estimate of drug-likeness (QED) is 0.476. The number of hydrogen-bond acceptors (Lipinski definition) is 6. The zero-order valence-electron chi connectivity index (χ0n) is 21.4. The van der Waals surface area contributed by atoms with E-state index < -0.39 is 29.6 Å². The van der Waals surface area contributed by atoms with Crippen molar-refractivity contribution in [1.29, 1.82) is 0 Å². The molecule has 1 saturated carbocycles. The van der Waals surface area contributed by atoms with Gasteiger partial charge in [-0.05, 0) is 37.1 Å². The normalized spacial score (nSPS) is 33.0. The molecule has 5 atom stereocenters. The molecule has 204 valence electrons. The second-order valence-electron chi connectivity index (χ2n) is 11.0. The molecule has 3 saturated heterocycles. The van der Waals surface area contributed by atoms with Crippen molar-refractivity contribution < 1.29 is 23.9 Å². The molecule has 38 heavy (non-hydrogen) atoms. The fourth-order valence-corrected chi connectivity index (χ4v) is 7.13. The maximum Gasteiger partial charge on any atom is 0.246 e. The number of likely N-dealkylation sites (tertiary alicyclic amines) is 1. The van der Waals surface area contributed by atoms with Gasteiger partial charge in [0.2, 0.25) is 17.7 Å². The van der Waals surface area contributed by atoms with Crippen molar-refractivity contribution in [1.82, 2.24) is 15.1 Å². The molecule has 0 aromatic heterocycles. The van der Waals surface area contributed by atoms with Crippen LogP contribution >= 0.6 is 15.9 Å². The molecule has 4 fully saturated rings. The summed E-state index contributed by atoms with van der Waals surface area (Å²) < 4.78 is 12.8. The first-order valence-electron chi connectivity index (χ1n) is 13.8. The van der Waals surface area contributed by atoms with Crippen LogP contribution in [0.4, 0.5) is 5.69 Å². The third-order valence-electron chi connectivity index (χ3n) is 8.75. The number of fused-ring (bicyclic) bond motifs is 1. The lowest BCUT2D eigenvalue weighted by Crippen LogP contribution is -2.57. The largest absolute Gasteiger partial charge is 0.379 e. The first kappa shape index (κ1) is 26.0. The molecule has 1 aromatic rings. The molecule has 5 aliphatic rings. The van der Waals surface area contributed by atoms with E-state index in [4.69, 9.17) is 9.47 Å². The van der Waals surface area contributed by atoms with Crippen LogP contribution in [0.15, 0.2) is 40.9 Å². The number of carbonyl (C=O) groups is 3. The van der Waals surface area contributed by atoms with Gasteiger partial charge in [0.15, 0.2) is 0 Å². The molecular formula is C28H35BrN4O5. The number of carbonyl (C=O) groups excluding carboxylic acids is 3. The Balaban J connectivity index is 1.26. The van der Waals surface area contributed by atoms with E-state index in [-0.39, 0.29) is 23.8 Å². The second-order valence-corrected chi connectivity index (χ2v) is 11.9. The molecule has 9 nitrogen and oxygen atoms in total. The van der Waals surface area contributed by atoms with Gasteiger partial charge in [-0.2, -0.15) is 0 Å². The van der Waals surface area contributed by atoms with Crippen LogP contribution in [0, 0.1) is 11.8 Å². The highest BCUT2D eigenvalue weighted by Crippen LogP contribution is 2.55. The van der Waals surface area contributed by atoms with Crippen LogP contribution in [0.2, 0.25) is 0 Å². The van der Waals surface area contributed by atoms with E-state index in [1.54, 1.807) is 4.90 Å². The van der Waals surface area contributed by atoms with E-state index in [1.807, 2.05) is 36.4 Å². The Bertz CT molecular complexity index is 1100. The topological polar surface area (TPSA) is 100 Å². The predicted octanol–water partition coefficient (Wildman–Crippen LogP) is 2.32. The van der Waals surface area contributed by atoms with Crippen molar-refractivity contribution in [2.24, 2.45) is 11.8 Å². The number of rotatable bonds is 7. The van der Waals surface area contributed by atoms with Crippen LogP contribution < -0.4 is 10.6 Å². The second kappa shape index (κ2) is 10.7. The highest BCUT2D eigenvalue weighted by molar-refractivity contribution is 9.10. The molecule has 3 unspecified atom stereocenters. The smallest absolute Gasteiger partial charge is 0.246 e. The van der Waals surface area contributed by atoms with Crippen molar-refractivity contribution in [3.8, 4) is 0 Å². The predicted molar refractivity (Wildman–Crippen MR) is 144 cm³/mol. The molecule has 2 bridgehead atoms. The van der Waals surface area contributed by atoms with Crippen LogP contribution in [-0.4, -0.2) is 90.7 Å². The third kappa shape index (κ3) is 4.69. The molecule has 1 spiro atoms. The standard InChI is InChI=1S/C28H35BrN4O5/c29-18-6-8-20(9-7-18)30-25(34)22-21-10-11-28(38-21)23(22)27(36)33(13-12-32-14-16-37-17-15-32)24(28)26(35)31-19-4-2-1-3-5-19/h6-11,19,21-24H,1-5,12-17H2,(H,30,34)(H,31,35)/t21-,22?,23-,24?,28?/m1/s1. The summed E-state index contributed by atoms with van der Waals surface area (Å²) in [5.74, 6) is -2.04. The fraction of sp³-hybridized carbons (Fsp3) is 0.607.